The molecule has 0 aliphatic heterocycles. The fourth-order valence-corrected chi connectivity index (χ4v) is 1.71. The first-order valence-corrected chi connectivity index (χ1v) is 5.61. The zero-order chi connectivity index (χ0) is 13.0. The summed E-state index contributed by atoms with van der Waals surface area (Å²) in [5, 5.41) is 29.9. The van der Waals surface area contributed by atoms with Crippen LogP contribution in [0.2, 0.25) is 0 Å². The summed E-state index contributed by atoms with van der Waals surface area (Å²) in [5.41, 5.74) is 5.82. The Kier molecular flexibility index (Phi) is 4.73. The number of nitrogens with zero attached hydrogens (tertiary/aromatic N) is 1. The SMILES string of the molecule is Nc1cc([N+](=O)[O-])ccc1C(O)C(O)CCS. The minimum atomic E-state index is -1.16. The van der Waals surface area contributed by atoms with Crippen molar-refractivity contribution >= 4 is 24.0 Å². The molecule has 0 aliphatic rings. The molecule has 6 nitrogen and oxygen atoms in total. The van der Waals surface area contributed by atoms with E-state index < -0.39 is 17.1 Å². The third-order valence-electron chi connectivity index (χ3n) is 2.39. The number of hydrogen-bond acceptors (Lipinski definition) is 6. The molecular formula is C10H14N2O4S. The number of thiol groups is 1. The standard InChI is InChI=1S/C10H14N2O4S/c11-8-5-6(12(15)16)1-2-7(8)10(14)9(13)3-4-17/h1-2,5,9-10,13-14,17H,3-4,11H2. The van der Waals surface area contributed by atoms with Gasteiger partial charge in [0.15, 0.2) is 0 Å². The van der Waals surface area contributed by atoms with Crippen LogP contribution in [-0.2, 0) is 0 Å². The summed E-state index contributed by atoms with van der Waals surface area (Å²) in [6.07, 6.45) is -1.85. The smallest absolute Gasteiger partial charge is 0.271 e. The summed E-state index contributed by atoms with van der Waals surface area (Å²) < 4.78 is 0. The van der Waals surface area contributed by atoms with Crippen LogP contribution in [0.3, 0.4) is 0 Å². The van der Waals surface area contributed by atoms with E-state index in [1.54, 1.807) is 0 Å². The normalized spacial score (nSPS) is 14.3. The summed E-state index contributed by atoms with van der Waals surface area (Å²) in [4.78, 5) is 9.93. The Morgan fingerprint density at radius 3 is 2.59 bits per heavy atom. The number of aliphatic hydroxyl groups excluding tert-OH is 2. The minimum absolute atomic E-state index is 0.0879. The highest BCUT2D eigenvalue weighted by Gasteiger charge is 2.21. The van der Waals surface area contributed by atoms with Gasteiger partial charge in [-0.3, -0.25) is 10.1 Å². The molecule has 0 amide bonds. The van der Waals surface area contributed by atoms with Crippen molar-refractivity contribution in [3.8, 4) is 0 Å². The Morgan fingerprint density at radius 2 is 2.12 bits per heavy atom. The van der Waals surface area contributed by atoms with Gasteiger partial charge in [-0.25, -0.2) is 0 Å². The molecule has 1 rings (SSSR count). The second-order valence-corrected chi connectivity index (χ2v) is 4.04. The first-order valence-electron chi connectivity index (χ1n) is 4.98. The average molecular weight is 258 g/mol. The summed E-state index contributed by atoms with van der Waals surface area (Å²) in [5.74, 6) is 0.422. The summed E-state index contributed by atoms with van der Waals surface area (Å²) in [6.45, 7) is 0. The molecule has 1 aromatic carbocycles. The monoisotopic (exact) mass is 258 g/mol. The van der Waals surface area contributed by atoms with Crippen molar-refractivity contribution in [3.63, 3.8) is 0 Å². The average Bonchev–Trinajstić information content (AvgIpc) is 2.28. The molecule has 7 heteroatoms. The Bertz CT molecular complexity index is 413. The summed E-state index contributed by atoms with van der Waals surface area (Å²) in [7, 11) is 0. The van der Waals surface area contributed by atoms with Crippen LogP contribution < -0.4 is 5.73 Å². The van der Waals surface area contributed by atoms with Crippen LogP contribution in [0, 0.1) is 10.1 Å². The lowest BCUT2D eigenvalue weighted by Gasteiger charge is -2.18. The predicted molar refractivity (Wildman–Crippen MR) is 66.9 cm³/mol. The highest BCUT2D eigenvalue weighted by molar-refractivity contribution is 7.80. The highest BCUT2D eigenvalue weighted by atomic mass is 32.1. The van der Waals surface area contributed by atoms with E-state index in [2.05, 4.69) is 12.6 Å². The summed E-state index contributed by atoms with van der Waals surface area (Å²) in [6, 6.07) is 3.74. The van der Waals surface area contributed by atoms with Gasteiger partial charge in [-0.05, 0) is 18.2 Å². The fourth-order valence-electron chi connectivity index (χ4n) is 1.44. The third kappa shape index (κ3) is 3.32. The number of aliphatic hydroxyl groups is 2. The largest absolute Gasteiger partial charge is 0.398 e. The van der Waals surface area contributed by atoms with Crippen molar-refractivity contribution in [3.05, 3.63) is 33.9 Å². The first-order chi connectivity index (χ1) is 7.97. The molecule has 0 heterocycles. The van der Waals surface area contributed by atoms with Crippen molar-refractivity contribution in [2.45, 2.75) is 18.6 Å². The van der Waals surface area contributed by atoms with E-state index in [0.29, 0.717) is 12.2 Å². The molecule has 0 saturated heterocycles. The number of rotatable bonds is 5. The van der Waals surface area contributed by atoms with E-state index in [1.165, 1.54) is 12.1 Å². The highest BCUT2D eigenvalue weighted by Crippen LogP contribution is 2.28. The van der Waals surface area contributed by atoms with Gasteiger partial charge < -0.3 is 15.9 Å². The number of nitro groups is 1. The van der Waals surface area contributed by atoms with Gasteiger partial charge >= 0.3 is 0 Å². The van der Waals surface area contributed by atoms with E-state index in [0.717, 1.165) is 6.07 Å². The Morgan fingerprint density at radius 1 is 1.47 bits per heavy atom. The van der Waals surface area contributed by atoms with Crippen molar-refractivity contribution in [1.82, 2.24) is 0 Å². The maximum Gasteiger partial charge on any atom is 0.271 e. The Balaban J connectivity index is 2.95. The summed E-state index contributed by atoms with van der Waals surface area (Å²) >= 11 is 3.94. The molecule has 17 heavy (non-hydrogen) atoms. The number of nitro benzene ring substituents is 1. The van der Waals surface area contributed by atoms with Crippen LogP contribution in [-0.4, -0.2) is 27.0 Å². The van der Waals surface area contributed by atoms with E-state index in [9.17, 15) is 20.3 Å². The number of hydrogen-bond donors (Lipinski definition) is 4. The number of nitrogens with two attached hydrogens (primary N) is 1. The molecular weight excluding hydrogens is 244 g/mol. The van der Waals surface area contributed by atoms with Crippen molar-refractivity contribution in [2.75, 3.05) is 11.5 Å². The van der Waals surface area contributed by atoms with Gasteiger partial charge in [-0.2, -0.15) is 12.6 Å². The first kappa shape index (κ1) is 13.8. The third-order valence-corrected chi connectivity index (χ3v) is 2.65. The van der Waals surface area contributed by atoms with Gasteiger partial charge in [0.25, 0.3) is 5.69 Å². The lowest BCUT2D eigenvalue weighted by Crippen LogP contribution is -2.19. The van der Waals surface area contributed by atoms with Gasteiger partial charge in [-0.15, -0.1) is 0 Å². The number of anilines is 1. The minimum Gasteiger partial charge on any atom is -0.398 e. The van der Waals surface area contributed by atoms with Crippen LogP contribution in [0.25, 0.3) is 0 Å². The molecule has 94 valence electrons. The number of non-ortho nitro benzene ring substituents is 1. The second-order valence-electron chi connectivity index (χ2n) is 3.59. The molecule has 4 N–H and O–H groups in total. The lowest BCUT2D eigenvalue weighted by atomic mass is 10.0. The topological polar surface area (TPSA) is 110 Å². The maximum absolute atomic E-state index is 10.5. The Hall–Kier alpha value is -1.31. The van der Waals surface area contributed by atoms with Gasteiger partial charge in [0, 0.05) is 23.4 Å². The quantitative estimate of drug-likeness (QED) is 0.271. The van der Waals surface area contributed by atoms with Crippen molar-refractivity contribution in [2.24, 2.45) is 0 Å². The second kappa shape index (κ2) is 5.85. The van der Waals surface area contributed by atoms with Crippen LogP contribution >= 0.6 is 12.6 Å². The zero-order valence-electron chi connectivity index (χ0n) is 8.98. The van der Waals surface area contributed by atoms with E-state index in [-0.39, 0.29) is 16.9 Å². The Labute approximate surface area is 104 Å². The molecule has 1 aromatic rings. The molecule has 2 atom stereocenters. The maximum atomic E-state index is 10.5. The van der Waals surface area contributed by atoms with Crippen LogP contribution in [0.15, 0.2) is 18.2 Å². The molecule has 2 unspecified atom stereocenters. The molecule has 0 fully saturated rings. The lowest BCUT2D eigenvalue weighted by molar-refractivity contribution is -0.384. The zero-order valence-corrected chi connectivity index (χ0v) is 9.88. The number of benzene rings is 1. The molecule has 0 bridgehead atoms. The van der Waals surface area contributed by atoms with Gasteiger partial charge in [-0.1, -0.05) is 0 Å². The van der Waals surface area contributed by atoms with Crippen molar-refractivity contribution in [1.29, 1.82) is 0 Å². The predicted octanol–water partition coefficient (Wildman–Crippen LogP) is 0.891. The van der Waals surface area contributed by atoms with E-state index >= 15 is 0 Å². The van der Waals surface area contributed by atoms with Gasteiger partial charge in [0.1, 0.15) is 6.10 Å². The molecule has 0 spiro atoms. The fraction of sp³-hybridized carbons (Fsp3) is 0.400. The molecule has 0 aliphatic carbocycles. The van der Waals surface area contributed by atoms with Crippen molar-refractivity contribution < 1.29 is 15.1 Å². The molecule has 0 saturated carbocycles. The molecule has 0 radical (unpaired) electrons. The van der Waals surface area contributed by atoms with E-state index in [4.69, 9.17) is 5.73 Å². The van der Waals surface area contributed by atoms with Crippen LogP contribution in [0.5, 0.6) is 0 Å². The van der Waals surface area contributed by atoms with Crippen LogP contribution in [0.4, 0.5) is 11.4 Å². The van der Waals surface area contributed by atoms with E-state index in [1.807, 2.05) is 0 Å². The van der Waals surface area contributed by atoms with Crippen LogP contribution in [0.1, 0.15) is 18.1 Å². The number of nitrogen functional groups attached to an aromatic ring is 1. The van der Waals surface area contributed by atoms with Gasteiger partial charge in [0.2, 0.25) is 0 Å². The van der Waals surface area contributed by atoms with Gasteiger partial charge in [0.05, 0.1) is 11.0 Å². The molecule has 0 aromatic heterocycles.